The second kappa shape index (κ2) is 6.59. The van der Waals surface area contributed by atoms with Crippen molar-refractivity contribution in [1.29, 1.82) is 0 Å². The number of hydrogen-bond donors (Lipinski definition) is 2. The van der Waals surface area contributed by atoms with Crippen LogP contribution in [0.3, 0.4) is 0 Å². The number of hydrogen-bond acceptors (Lipinski definition) is 2. The average molecular weight is 283 g/mol. The van der Waals surface area contributed by atoms with E-state index in [0.29, 0.717) is 24.5 Å². The zero-order chi connectivity index (χ0) is 14.7. The van der Waals surface area contributed by atoms with Gasteiger partial charge in [0.15, 0.2) is 0 Å². The Bertz CT molecular complexity index is 595. The molecule has 2 aromatic carbocycles. The molecule has 2 heteroatoms. The Kier molecular flexibility index (Phi) is 4.57. The molecule has 0 saturated heterocycles. The summed E-state index contributed by atoms with van der Waals surface area (Å²) in [6, 6.07) is 15.6. The molecule has 112 valence electrons. The average Bonchev–Trinajstić information content (AvgIpc) is 2.99. The third kappa shape index (κ3) is 3.28. The standard InChI is InChI=1S/C19H25NO/c1-14(20-12-18-7-4-8-19(18)13-21)16-10-9-15-5-2-3-6-17(15)11-16/h2-3,5-6,9-11,14,18-21H,4,7-8,12-13H2,1H3. The summed E-state index contributed by atoms with van der Waals surface area (Å²) < 4.78 is 0. The smallest absolute Gasteiger partial charge is 0.0462 e. The van der Waals surface area contributed by atoms with Gasteiger partial charge in [0.05, 0.1) is 0 Å². The van der Waals surface area contributed by atoms with E-state index in [1.54, 1.807) is 0 Å². The molecule has 1 saturated carbocycles. The molecule has 3 rings (SSSR count). The van der Waals surface area contributed by atoms with E-state index in [-0.39, 0.29) is 0 Å². The summed E-state index contributed by atoms with van der Waals surface area (Å²) in [7, 11) is 0. The van der Waals surface area contributed by atoms with E-state index in [1.807, 2.05) is 0 Å². The fourth-order valence-corrected chi connectivity index (χ4v) is 3.55. The van der Waals surface area contributed by atoms with E-state index < -0.39 is 0 Å². The predicted octanol–water partition coefficient (Wildman–Crippen LogP) is 3.90. The van der Waals surface area contributed by atoms with Gasteiger partial charge in [-0.2, -0.15) is 0 Å². The molecule has 0 aliphatic heterocycles. The Balaban J connectivity index is 1.65. The first-order chi connectivity index (χ1) is 10.3. The Morgan fingerprint density at radius 3 is 2.67 bits per heavy atom. The Morgan fingerprint density at radius 2 is 1.86 bits per heavy atom. The second-order valence-corrected chi connectivity index (χ2v) is 6.37. The van der Waals surface area contributed by atoms with Crippen molar-refractivity contribution in [1.82, 2.24) is 5.32 Å². The van der Waals surface area contributed by atoms with Crippen molar-refractivity contribution in [2.75, 3.05) is 13.2 Å². The van der Waals surface area contributed by atoms with Gasteiger partial charge in [-0.05, 0) is 60.5 Å². The van der Waals surface area contributed by atoms with Crippen molar-refractivity contribution in [3.8, 4) is 0 Å². The molecule has 2 nitrogen and oxygen atoms in total. The number of aliphatic hydroxyl groups is 1. The Labute approximate surface area is 127 Å². The van der Waals surface area contributed by atoms with Crippen molar-refractivity contribution in [2.45, 2.75) is 32.2 Å². The molecule has 0 bridgehead atoms. The van der Waals surface area contributed by atoms with E-state index in [4.69, 9.17) is 0 Å². The molecule has 0 radical (unpaired) electrons. The Hall–Kier alpha value is -1.38. The van der Waals surface area contributed by atoms with Gasteiger partial charge in [0.2, 0.25) is 0 Å². The highest BCUT2D eigenvalue weighted by molar-refractivity contribution is 5.83. The summed E-state index contributed by atoms with van der Waals surface area (Å²) >= 11 is 0. The van der Waals surface area contributed by atoms with E-state index in [0.717, 1.165) is 6.54 Å². The molecular weight excluding hydrogens is 258 g/mol. The molecular formula is C19H25NO. The lowest BCUT2D eigenvalue weighted by Gasteiger charge is -2.21. The fraction of sp³-hybridized carbons (Fsp3) is 0.474. The van der Waals surface area contributed by atoms with Gasteiger partial charge in [0.1, 0.15) is 0 Å². The maximum atomic E-state index is 9.41. The van der Waals surface area contributed by atoms with Crippen LogP contribution in [0, 0.1) is 11.8 Å². The lowest BCUT2D eigenvalue weighted by atomic mass is 9.96. The highest BCUT2D eigenvalue weighted by atomic mass is 16.3. The van der Waals surface area contributed by atoms with Crippen molar-refractivity contribution >= 4 is 10.8 Å². The van der Waals surface area contributed by atoms with Crippen LogP contribution >= 0.6 is 0 Å². The summed E-state index contributed by atoms with van der Waals surface area (Å²) in [4.78, 5) is 0. The molecule has 1 fully saturated rings. The number of fused-ring (bicyclic) bond motifs is 1. The van der Waals surface area contributed by atoms with Crippen LogP contribution in [0.4, 0.5) is 0 Å². The van der Waals surface area contributed by atoms with E-state index in [2.05, 4.69) is 54.7 Å². The van der Waals surface area contributed by atoms with Crippen molar-refractivity contribution in [3.05, 3.63) is 48.0 Å². The van der Waals surface area contributed by atoms with Crippen LogP contribution in [0.15, 0.2) is 42.5 Å². The minimum absolute atomic E-state index is 0.344. The largest absolute Gasteiger partial charge is 0.396 e. The number of rotatable bonds is 5. The monoisotopic (exact) mass is 283 g/mol. The molecule has 0 amide bonds. The molecule has 0 heterocycles. The lowest BCUT2D eigenvalue weighted by molar-refractivity contribution is 0.190. The van der Waals surface area contributed by atoms with Crippen LogP contribution in [-0.4, -0.2) is 18.3 Å². The van der Waals surface area contributed by atoms with Gasteiger partial charge >= 0.3 is 0 Å². The zero-order valence-electron chi connectivity index (χ0n) is 12.8. The molecule has 0 spiro atoms. The topological polar surface area (TPSA) is 32.3 Å². The van der Waals surface area contributed by atoms with Crippen LogP contribution in [0.5, 0.6) is 0 Å². The van der Waals surface area contributed by atoms with Gasteiger partial charge in [-0.15, -0.1) is 0 Å². The minimum Gasteiger partial charge on any atom is -0.396 e. The van der Waals surface area contributed by atoms with Crippen LogP contribution in [0.25, 0.3) is 10.8 Å². The highest BCUT2D eigenvalue weighted by Crippen LogP contribution is 2.31. The predicted molar refractivity (Wildman–Crippen MR) is 88.3 cm³/mol. The molecule has 2 aromatic rings. The van der Waals surface area contributed by atoms with E-state index in [1.165, 1.54) is 35.6 Å². The van der Waals surface area contributed by atoms with Gasteiger partial charge in [0, 0.05) is 12.6 Å². The summed E-state index contributed by atoms with van der Waals surface area (Å²) in [6.07, 6.45) is 3.71. The third-order valence-corrected chi connectivity index (χ3v) is 5.01. The van der Waals surface area contributed by atoms with Gasteiger partial charge < -0.3 is 10.4 Å². The molecule has 3 unspecified atom stereocenters. The maximum absolute atomic E-state index is 9.41. The fourth-order valence-electron chi connectivity index (χ4n) is 3.55. The van der Waals surface area contributed by atoms with Gasteiger partial charge in [0.25, 0.3) is 0 Å². The molecule has 2 N–H and O–H groups in total. The zero-order valence-corrected chi connectivity index (χ0v) is 12.8. The normalized spacial score (nSPS) is 23.5. The van der Waals surface area contributed by atoms with Gasteiger partial charge in [-0.1, -0.05) is 42.8 Å². The second-order valence-electron chi connectivity index (χ2n) is 6.37. The molecule has 0 aromatic heterocycles. The quantitative estimate of drug-likeness (QED) is 0.872. The summed E-state index contributed by atoms with van der Waals surface area (Å²) in [5.74, 6) is 1.14. The number of aliphatic hydroxyl groups excluding tert-OH is 1. The SMILES string of the molecule is CC(NCC1CCCC1CO)c1ccc2ccccc2c1. The Morgan fingerprint density at radius 1 is 1.10 bits per heavy atom. The first-order valence-corrected chi connectivity index (χ1v) is 8.11. The van der Waals surface area contributed by atoms with Crippen LogP contribution < -0.4 is 5.32 Å². The van der Waals surface area contributed by atoms with Crippen molar-refractivity contribution < 1.29 is 5.11 Å². The summed E-state index contributed by atoms with van der Waals surface area (Å²) in [5.41, 5.74) is 1.34. The first-order valence-electron chi connectivity index (χ1n) is 8.11. The number of benzene rings is 2. The van der Waals surface area contributed by atoms with E-state index in [9.17, 15) is 5.11 Å². The van der Waals surface area contributed by atoms with Crippen LogP contribution in [-0.2, 0) is 0 Å². The molecule has 3 atom stereocenters. The third-order valence-electron chi connectivity index (χ3n) is 5.01. The molecule has 1 aliphatic rings. The summed E-state index contributed by atoms with van der Waals surface area (Å²) in [6.45, 7) is 3.59. The van der Waals surface area contributed by atoms with Crippen LogP contribution in [0.1, 0.15) is 37.8 Å². The minimum atomic E-state index is 0.344. The van der Waals surface area contributed by atoms with Crippen molar-refractivity contribution in [2.24, 2.45) is 11.8 Å². The maximum Gasteiger partial charge on any atom is 0.0462 e. The molecule has 21 heavy (non-hydrogen) atoms. The highest BCUT2D eigenvalue weighted by Gasteiger charge is 2.26. The van der Waals surface area contributed by atoms with Crippen LogP contribution in [0.2, 0.25) is 0 Å². The van der Waals surface area contributed by atoms with E-state index >= 15 is 0 Å². The van der Waals surface area contributed by atoms with Gasteiger partial charge in [-0.3, -0.25) is 0 Å². The molecule has 1 aliphatic carbocycles. The van der Waals surface area contributed by atoms with Crippen molar-refractivity contribution in [3.63, 3.8) is 0 Å². The summed E-state index contributed by atoms with van der Waals surface area (Å²) in [5, 5.41) is 15.7. The first kappa shape index (κ1) is 14.6. The van der Waals surface area contributed by atoms with Gasteiger partial charge in [-0.25, -0.2) is 0 Å². The lowest BCUT2D eigenvalue weighted by Crippen LogP contribution is -2.28. The number of nitrogens with one attached hydrogen (secondary N) is 1.